The number of benzene rings is 2. The van der Waals surface area contributed by atoms with Crippen LogP contribution in [0.1, 0.15) is 20.8 Å². The van der Waals surface area contributed by atoms with E-state index in [1.165, 1.54) is 0 Å². The average Bonchev–Trinajstić information content (AvgIpc) is 2.36. The van der Waals surface area contributed by atoms with Gasteiger partial charge in [-0.2, -0.15) is 0 Å². The highest BCUT2D eigenvalue weighted by molar-refractivity contribution is 6.61. The maximum Gasteiger partial charge on any atom is 0.490 e. The number of ether oxygens (including phenoxy) is 1. The number of carbonyl (C=O) groups excluding carboxylic acids is 1. The molecule has 0 spiro atoms. The number of hydrogen-bond donors (Lipinski definition) is 3. The Kier molecular flexibility index (Phi) is 4.20. The van der Waals surface area contributed by atoms with Crippen LogP contribution in [-0.2, 0) is 4.74 Å². The summed E-state index contributed by atoms with van der Waals surface area (Å²) in [6.07, 6.45) is -0.638. The molecule has 0 fully saturated rings. The Morgan fingerprint density at radius 3 is 2.43 bits per heavy atom. The van der Waals surface area contributed by atoms with Gasteiger partial charge in [0.2, 0.25) is 0 Å². The van der Waals surface area contributed by atoms with E-state index in [0.29, 0.717) is 11.1 Å². The first-order valence-corrected chi connectivity index (χ1v) is 6.66. The van der Waals surface area contributed by atoms with Crippen LogP contribution in [0, 0.1) is 0 Å². The summed E-state index contributed by atoms with van der Waals surface area (Å²) in [5, 5.41) is 23.2. The highest BCUT2D eigenvalue weighted by atomic mass is 16.6. The molecule has 2 aromatic rings. The third-order valence-corrected chi connectivity index (χ3v) is 2.87. The van der Waals surface area contributed by atoms with Crippen LogP contribution >= 0.6 is 0 Å². The Morgan fingerprint density at radius 2 is 1.81 bits per heavy atom. The first-order chi connectivity index (χ1) is 9.78. The van der Waals surface area contributed by atoms with Crippen LogP contribution in [0.15, 0.2) is 36.4 Å². The second kappa shape index (κ2) is 5.75. The normalized spacial score (nSPS) is 11.3. The molecule has 5 nitrogen and oxygen atoms in total. The van der Waals surface area contributed by atoms with Gasteiger partial charge in [-0.25, -0.2) is 4.79 Å². The largest absolute Gasteiger partial charge is 0.490 e. The number of rotatable bonds is 2. The van der Waals surface area contributed by atoms with Gasteiger partial charge in [-0.3, -0.25) is 5.32 Å². The number of fused-ring (bicyclic) bond motifs is 1. The molecule has 21 heavy (non-hydrogen) atoms. The molecule has 6 heteroatoms. The highest BCUT2D eigenvalue weighted by Gasteiger charge is 2.22. The zero-order valence-electron chi connectivity index (χ0n) is 12.3. The predicted octanol–water partition coefficient (Wildman–Crippen LogP) is 1.87. The average molecular weight is 287 g/mol. The number of hydrogen-bond acceptors (Lipinski definition) is 4. The number of nitrogens with one attached hydrogen (secondary N) is 1. The van der Waals surface area contributed by atoms with Gasteiger partial charge in [0.15, 0.2) is 0 Å². The number of anilines is 1. The summed E-state index contributed by atoms with van der Waals surface area (Å²) in [6.45, 7) is 5.28. The second-order valence-corrected chi connectivity index (χ2v) is 5.75. The molecule has 0 aromatic heterocycles. The minimum atomic E-state index is -1.68. The van der Waals surface area contributed by atoms with E-state index in [1.807, 2.05) is 18.2 Å². The Labute approximate surface area is 123 Å². The topological polar surface area (TPSA) is 78.8 Å². The zero-order valence-corrected chi connectivity index (χ0v) is 12.3. The Balaban J connectivity index is 2.45. The van der Waals surface area contributed by atoms with Gasteiger partial charge in [-0.1, -0.05) is 36.4 Å². The van der Waals surface area contributed by atoms with E-state index >= 15 is 0 Å². The van der Waals surface area contributed by atoms with E-state index in [1.54, 1.807) is 39.0 Å². The maximum absolute atomic E-state index is 11.9. The van der Waals surface area contributed by atoms with Crippen molar-refractivity contribution in [3.8, 4) is 0 Å². The minimum absolute atomic E-state index is 0.222. The molecule has 3 N–H and O–H groups in total. The first kappa shape index (κ1) is 15.3. The molecule has 1 amide bonds. The molecular formula is C15H18BNO4. The van der Waals surface area contributed by atoms with E-state index in [9.17, 15) is 14.8 Å². The summed E-state index contributed by atoms with van der Waals surface area (Å²) < 4.78 is 5.21. The minimum Gasteiger partial charge on any atom is -0.444 e. The van der Waals surface area contributed by atoms with Gasteiger partial charge in [-0.05, 0) is 26.2 Å². The molecule has 0 saturated heterocycles. The van der Waals surface area contributed by atoms with E-state index in [0.717, 1.165) is 5.39 Å². The number of amides is 1. The van der Waals surface area contributed by atoms with E-state index in [4.69, 9.17) is 4.74 Å². The van der Waals surface area contributed by atoms with Gasteiger partial charge in [0.05, 0.1) is 5.69 Å². The lowest BCUT2D eigenvalue weighted by Gasteiger charge is -2.21. The summed E-state index contributed by atoms with van der Waals surface area (Å²) in [7, 11) is -1.68. The molecule has 0 radical (unpaired) electrons. The SMILES string of the molecule is CC(C)(C)OC(=O)Nc1c(B(O)O)ccc2ccccc12. The maximum atomic E-state index is 11.9. The van der Waals surface area contributed by atoms with Crippen LogP contribution in [0.25, 0.3) is 10.8 Å². The Bertz CT molecular complexity index is 664. The van der Waals surface area contributed by atoms with E-state index < -0.39 is 18.8 Å². The smallest absolute Gasteiger partial charge is 0.444 e. The van der Waals surface area contributed by atoms with Crippen LogP contribution in [0.4, 0.5) is 10.5 Å². The monoisotopic (exact) mass is 287 g/mol. The van der Waals surface area contributed by atoms with Gasteiger partial charge in [-0.15, -0.1) is 0 Å². The molecule has 2 aromatic carbocycles. The van der Waals surface area contributed by atoms with E-state index in [2.05, 4.69) is 5.32 Å². The summed E-state index contributed by atoms with van der Waals surface area (Å²) in [5.41, 5.74) is -0.0657. The van der Waals surface area contributed by atoms with Crippen molar-refractivity contribution in [1.82, 2.24) is 0 Å². The van der Waals surface area contributed by atoms with Gasteiger partial charge in [0, 0.05) is 10.8 Å². The molecular weight excluding hydrogens is 269 g/mol. The van der Waals surface area contributed by atoms with Crippen molar-refractivity contribution < 1.29 is 19.6 Å². The van der Waals surface area contributed by atoms with Crippen molar-refractivity contribution in [3.05, 3.63) is 36.4 Å². The second-order valence-electron chi connectivity index (χ2n) is 5.75. The van der Waals surface area contributed by atoms with Crippen LogP contribution in [0.3, 0.4) is 0 Å². The lowest BCUT2D eigenvalue weighted by Crippen LogP contribution is -2.35. The molecule has 2 rings (SSSR count). The molecule has 0 aliphatic heterocycles. The predicted molar refractivity (Wildman–Crippen MR) is 83.6 cm³/mol. The molecule has 0 aliphatic rings. The molecule has 0 atom stereocenters. The molecule has 110 valence electrons. The van der Waals surface area contributed by atoms with Crippen molar-refractivity contribution in [2.75, 3.05) is 5.32 Å². The quantitative estimate of drug-likeness (QED) is 0.737. The standard InChI is InChI=1S/C15H18BNO4/c1-15(2,3)21-14(18)17-13-11-7-5-4-6-10(11)8-9-12(13)16(19)20/h4-9,19-20H,1-3H3,(H,17,18). The highest BCUT2D eigenvalue weighted by Crippen LogP contribution is 2.22. The molecule has 0 bridgehead atoms. The first-order valence-electron chi connectivity index (χ1n) is 6.66. The Morgan fingerprint density at radius 1 is 1.14 bits per heavy atom. The van der Waals surface area contributed by atoms with Gasteiger partial charge in [0.25, 0.3) is 0 Å². The van der Waals surface area contributed by atoms with Crippen molar-refractivity contribution >= 4 is 35.1 Å². The fourth-order valence-electron chi connectivity index (χ4n) is 2.05. The number of carbonyl (C=O) groups is 1. The summed E-state index contributed by atoms with van der Waals surface area (Å²) in [4.78, 5) is 11.9. The lowest BCUT2D eigenvalue weighted by molar-refractivity contribution is 0.0636. The van der Waals surface area contributed by atoms with Crippen molar-refractivity contribution in [1.29, 1.82) is 0 Å². The fraction of sp³-hybridized carbons (Fsp3) is 0.267. The van der Waals surface area contributed by atoms with Crippen molar-refractivity contribution in [2.45, 2.75) is 26.4 Å². The summed E-state index contributed by atoms with van der Waals surface area (Å²) in [5.74, 6) is 0. The van der Waals surface area contributed by atoms with Gasteiger partial charge < -0.3 is 14.8 Å². The fourth-order valence-corrected chi connectivity index (χ4v) is 2.05. The Hall–Kier alpha value is -2.05. The van der Waals surface area contributed by atoms with Crippen molar-refractivity contribution in [3.63, 3.8) is 0 Å². The van der Waals surface area contributed by atoms with Crippen LogP contribution in [-0.4, -0.2) is 28.9 Å². The molecule has 0 saturated carbocycles. The zero-order chi connectivity index (χ0) is 15.6. The lowest BCUT2D eigenvalue weighted by atomic mass is 9.77. The molecule has 0 aliphatic carbocycles. The summed E-state index contributed by atoms with van der Waals surface area (Å²) >= 11 is 0. The van der Waals surface area contributed by atoms with Crippen LogP contribution in [0.5, 0.6) is 0 Å². The van der Waals surface area contributed by atoms with Crippen molar-refractivity contribution in [2.24, 2.45) is 0 Å². The van der Waals surface area contributed by atoms with Gasteiger partial charge in [0.1, 0.15) is 5.60 Å². The van der Waals surface area contributed by atoms with Crippen LogP contribution < -0.4 is 10.8 Å². The molecule has 0 unspecified atom stereocenters. The van der Waals surface area contributed by atoms with Crippen LogP contribution in [0.2, 0.25) is 0 Å². The summed E-state index contributed by atoms with van der Waals surface area (Å²) in [6, 6.07) is 10.7. The molecule has 0 heterocycles. The third kappa shape index (κ3) is 3.74. The third-order valence-electron chi connectivity index (χ3n) is 2.87. The van der Waals surface area contributed by atoms with E-state index in [-0.39, 0.29) is 5.46 Å². The van der Waals surface area contributed by atoms with Gasteiger partial charge >= 0.3 is 13.2 Å².